The third-order valence-electron chi connectivity index (χ3n) is 3.51. The van der Waals surface area contributed by atoms with Crippen molar-refractivity contribution in [3.63, 3.8) is 0 Å². The van der Waals surface area contributed by atoms with Gasteiger partial charge in [-0.05, 0) is 31.0 Å². The number of anilines is 1. The van der Waals surface area contributed by atoms with Gasteiger partial charge in [0.2, 0.25) is 0 Å². The van der Waals surface area contributed by atoms with Crippen molar-refractivity contribution < 1.29 is 0 Å². The van der Waals surface area contributed by atoms with Crippen LogP contribution >= 0.6 is 0 Å². The van der Waals surface area contributed by atoms with Gasteiger partial charge in [-0.1, -0.05) is 48.0 Å². The minimum absolute atomic E-state index is 0.183. The van der Waals surface area contributed by atoms with Crippen LogP contribution in [0.15, 0.2) is 60.9 Å². The summed E-state index contributed by atoms with van der Waals surface area (Å²) in [5.41, 5.74) is 5.12. The second-order valence-corrected chi connectivity index (χ2v) is 4.99. The second-order valence-electron chi connectivity index (χ2n) is 4.99. The van der Waals surface area contributed by atoms with Crippen molar-refractivity contribution in [3.8, 4) is 0 Å². The van der Waals surface area contributed by atoms with Gasteiger partial charge < -0.3 is 10.2 Å². The molecular formula is C17H18N2. The van der Waals surface area contributed by atoms with Crippen LogP contribution in [0.1, 0.15) is 22.9 Å². The van der Waals surface area contributed by atoms with Crippen LogP contribution in [0, 0.1) is 13.8 Å². The Kier molecular flexibility index (Phi) is 3.00. The van der Waals surface area contributed by atoms with E-state index in [9.17, 15) is 0 Å². The van der Waals surface area contributed by atoms with Gasteiger partial charge in [-0.2, -0.15) is 0 Å². The summed E-state index contributed by atoms with van der Waals surface area (Å²) in [6, 6.07) is 17.1. The van der Waals surface area contributed by atoms with Crippen LogP contribution in [0.25, 0.3) is 0 Å². The molecule has 0 amide bonds. The van der Waals surface area contributed by atoms with Gasteiger partial charge in [0.05, 0.1) is 0 Å². The summed E-state index contributed by atoms with van der Waals surface area (Å²) in [4.78, 5) is 2.28. The zero-order valence-electron chi connectivity index (χ0n) is 11.3. The van der Waals surface area contributed by atoms with Crippen LogP contribution in [0.3, 0.4) is 0 Å². The molecule has 0 fully saturated rings. The molecule has 1 heterocycles. The fourth-order valence-corrected chi connectivity index (χ4v) is 2.59. The SMILES string of the molecule is Cc1ccc(N2C=CNC2c2ccccc2)c(C)c1. The number of hydrogen-bond acceptors (Lipinski definition) is 2. The molecule has 19 heavy (non-hydrogen) atoms. The van der Waals surface area contributed by atoms with Crippen molar-refractivity contribution in [3.05, 3.63) is 77.6 Å². The molecule has 1 N–H and O–H groups in total. The van der Waals surface area contributed by atoms with Crippen LogP contribution < -0.4 is 10.2 Å². The van der Waals surface area contributed by atoms with Crippen molar-refractivity contribution in [1.82, 2.24) is 5.32 Å². The monoisotopic (exact) mass is 250 g/mol. The van der Waals surface area contributed by atoms with Crippen LogP contribution in [-0.4, -0.2) is 0 Å². The van der Waals surface area contributed by atoms with Crippen molar-refractivity contribution >= 4 is 5.69 Å². The summed E-state index contributed by atoms with van der Waals surface area (Å²) >= 11 is 0. The number of nitrogens with one attached hydrogen (secondary N) is 1. The highest BCUT2D eigenvalue weighted by Crippen LogP contribution is 2.31. The number of aryl methyl sites for hydroxylation is 2. The highest BCUT2D eigenvalue weighted by molar-refractivity contribution is 5.59. The lowest BCUT2D eigenvalue weighted by molar-refractivity contribution is 0.666. The summed E-state index contributed by atoms with van der Waals surface area (Å²) in [7, 11) is 0. The molecule has 0 bridgehead atoms. The van der Waals surface area contributed by atoms with Crippen LogP contribution in [0.5, 0.6) is 0 Å². The van der Waals surface area contributed by atoms with E-state index in [0.29, 0.717) is 0 Å². The van der Waals surface area contributed by atoms with E-state index in [1.807, 2.05) is 12.3 Å². The standard InChI is InChI=1S/C17H18N2/c1-13-8-9-16(14(2)12-13)19-11-10-18-17(19)15-6-4-3-5-7-15/h3-12,17-18H,1-2H3. The van der Waals surface area contributed by atoms with Crippen LogP contribution in [-0.2, 0) is 0 Å². The first-order chi connectivity index (χ1) is 9.25. The molecular weight excluding hydrogens is 232 g/mol. The van der Waals surface area contributed by atoms with Gasteiger partial charge in [-0.15, -0.1) is 0 Å². The average Bonchev–Trinajstić information content (AvgIpc) is 2.89. The Labute approximate surface area is 114 Å². The third-order valence-corrected chi connectivity index (χ3v) is 3.51. The lowest BCUT2D eigenvalue weighted by Gasteiger charge is -2.27. The molecule has 2 nitrogen and oxygen atoms in total. The fraction of sp³-hybridized carbons (Fsp3) is 0.176. The highest BCUT2D eigenvalue weighted by Gasteiger charge is 2.22. The molecule has 0 saturated heterocycles. The van der Waals surface area contributed by atoms with Crippen molar-refractivity contribution in [2.24, 2.45) is 0 Å². The predicted molar refractivity (Wildman–Crippen MR) is 79.9 cm³/mol. The number of hydrogen-bond donors (Lipinski definition) is 1. The van der Waals surface area contributed by atoms with Gasteiger partial charge in [-0.25, -0.2) is 0 Å². The minimum atomic E-state index is 0.183. The maximum absolute atomic E-state index is 3.41. The molecule has 2 aromatic rings. The van der Waals surface area contributed by atoms with E-state index in [0.717, 1.165) is 0 Å². The predicted octanol–water partition coefficient (Wildman–Crippen LogP) is 3.88. The Morgan fingerprint density at radius 3 is 2.53 bits per heavy atom. The fourth-order valence-electron chi connectivity index (χ4n) is 2.59. The van der Waals surface area contributed by atoms with E-state index in [1.165, 1.54) is 22.4 Å². The Morgan fingerprint density at radius 1 is 1.00 bits per heavy atom. The van der Waals surface area contributed by atoms with E-state index in [1.54, 1.807) is 0 Å². The molecule has 1 atom stereocenters. The van der Waals surface area contributed by atoms with Gasteiger partial charge in [0.15, 0.2) is 0 Å². The highest BCUT2D eigenvalue weighted by atomic mass is 15.3. The molecule has 1 unspecified atom stereocenters. The zero-order valence-corrected chi connectivity index (χ0v) is 11.3. The van der Waals surface area contributed by atoms with Gasteiger partial charge in [0.25, 0.3) is 0 Å². The summed E-state index contributed by atoms with van der Waals surface area (Å²) in [6.45, 7) is 4.29. The Balaban J connectivity index is 1.97. The summed E-state index contributed by atoms with van der Waals surface area (Å²) in [5.74, 6) is 0. The molecule has 1 aliphatic rings. The van der Waals surface area contributed by atoms with E-state index in [2.05, 4.69) is 72.7 Å². The summed E-state index contributed by atoms with van der Waals surface area (Å²) < 4.78 is 0. The molecule has 3 rings (SSSR count). The van der Waals surface area contributed by atoms with E-state index >= 15 is 0 Å². The van der Waals surface area contributed by atoms with Gasteiger partial charge in [-0.3, -0.25) is 0 Å². The maximum Gasteiger partial charge on any atom is 0.129 e. The molecule has 0 radical (unpaired) electrons. The van der Waals surface area contributed by atoms with E-state index < -0.39 is 0 Å². The molecule has 2 aromatic carbocycles. The first-order valence-corrected chi connectivity index (χ1v) is 6.59. The van der Waals surface area contributed by atoms with Crippen LogP contribution in [0.2, 0.25) is 0 Å². The zero-order chi connectivity index (χ0) is 13.2. The largest absolute Gasteiger partial charge is 0.366 e. The minimum Gasteiger partial charge on any atom is -0.366 e. The Hall–Kier alpha value is -2.22. The van der Waals surface area contributed by atoms with Gasteiger partial charge >= 0.3 is 0 Å². The topological polar surface area (TPSA) is 15.3 Å². The van der Waals surface area contributed by atoms with E-state index in [-0.39, 0.29) is 6.17 Å². The maximum atomic E-state index is 3.41. The summed E-state index contributed by atoms with van der Waals surface area (Å²) in [5, 5.41) is 3.41. The number of rotatable bonds is 2. The summed E-state index contributed by atoms with van der Waals surface area (Å²) in [6.07, 6.45) is 4.30. The number of benzene rings is 2. The van der Waals surface area contributed by atoms with Crippen molar-refractivity contribution in [1.29, 1.82) is 0 Å². The first kappa shape index (κ1) is 11.8. The quantitative estimate of drug-likeness (QED) is 0.870. The Bertz CT molecular complexity index is 602. The van der Waals surface area contributed by atoms with Gasteiger partial charge in [0, 0.05) is 18.1 Å². The lowest BCUT2D eigenvalue weighted by atomic mass is 10.1. The molecule has 2 heteroatoms. The van der Waals surface area contributed by atoms with Gasteiger partial charge in [0.1, 0.15) is 6.17 Å². The Morgan fingerprint density at radius 2 is 1.79 bits per heavy atom. The molecule has 96 valence electrons. The smallest absolute Gasteiger partial charge is 0.129 e. The molecule has 0 saturated carbocycles. The first-order valence-electron chi connectivity index (χ1n) is 6.59. The molecule has 1 aliphatic heterocycles. The number of nitrogens with zero attached hydrogens (tertiary/aromatic N) is 1. The molecule has 0 aromatic heterocycles. The molecule has 0 aliphatic carbocycles. The average molecular weight is 250 g/mol. The van der Waals surface area contributed by atoms with Crippen molar-refractivity contribution in [2.45, 2.75) is 20.0 Å². The normalized spacial score (nSPS) is 17.6. The van der Waals surface area contributed by atoms with E-state index in [4.69, 9.17) is 0 Å². The third kappa shape index (κ3) is 2.22. The van der Waals surface area contributed by atoms with Crippen molar-refractivity contribution in [2.75, 3.05) is 4.90 Å². The lowest BCUT2D eigenvalue weighted by Crippen LogP contribution is -2.27. The molecule has 0 spiro atoms. The second kappa shape index (κ2) is 4.81. The van der Waals surface area contributed by atoms with Crippen LogP contribution in [0.4, 0.5) is 5.69 Å².